The van der Waals surface area contributed by atoms with Gasteiger partial charge in [-0.1, -0.05) is 22.6 Å². The van der Waals surface area contributed by atoms with Crippen LogP contribution in [-0.4, -0.2) is 46.8 Å². The monoisotopic (exact) mass is 353 g/mol. The second-order valence-electron chi connectivity index (χ2n) is 4.76. The van der Waals surface area contributed by atoms with E-state index in [4.69, 9.17) is 9.47 Å². The standard InChI is InChI=1S/C12H20INO3/c1-3-16-12(15)14(2)9-5-7-10-8(13)4-6-11(9)17-10/h8-11H,3-7H2,1-2H3. The number of fused-ring (bicyclic) bond motifs is 2. The number of halogens is 1. The summed E-state index contributed by atoms with van der Waals surface area (Å²) >= 11 is 2.48. The van der Waals surface area contributed by atoms with Gasteiger partial charge >= 0.3 is 6.09 Å². The van der Waals surface area contributed by atoms with Gasteiger partial charge in [0, 0.05) is 11.0 Å². The Morgan fingerprint density at radius 1 is 1.35 bits per heavy atom. The Kier molecular flexibility index (Phi) is 4.52. The highest BCUT2D eigenvalue weighted by Crippen LogP contribution is 2.36. The van der Waals surface area contributed by atoms with Crippen molar-refractivity contribution in [3.8, 4) is 0 Å². The van der Waals surface area contributed by atoms with E-state index in [1.165, 1.54) is 6.42 Å². The molecular weight excluding hydrogens is 333 g/mol. The highest BCUT2D eigenvalue weighted by molar-refractivity contribution is 14.1. The SMILES string of the molecule is CCOC(=O)N(C)C1CCC2OC1CCC2I. The Morgan fingerprint density at radius 3 is 2.76 bits per heavy atom. The van der Waals surface area contributed by atoms with E-state index in [-0.39, 0.29) is 18.2 Å². The summed E-state index contributed by atoms with van der Waals surface area (Å²) in [5.74, 6) is 0. The third-order valence-electron chi connectivity index (χ3n) is 3.71. The Labute approximate surface area is 116 Å². The highest BCUT2D eigenvalue weighted by Gasteiger charge is 2.41. The molecule has 0 radical (unpaired) electrons. The summed E-state index contributed by atoms with van der Waals surface area (Å²) in [5, 5.41) is 0. The van der Waals surface area contributed by atoms with Gasteiger partial charge in [0.25, 0.3) is 0 Å². The van der Waals surface area contributed by atoms with Crippen LogP contribution >= 0.6 is 22.6 Å². The zero-order chi connectivity index (χ0) is 12.4. The number of carbonyl (C=O) groups excluding carboxylic acids is 1. The number of nitrogens with zero attached hydrogens (tertiary/aromatic N) is 1. The molecule has 0 aromatic carbocycles. The molecule has 0 aromatic heterocycles. The van der Waals surface area contributed by atoms with Gasteiger partial charge in [0.1, 0.15) is 0 Å². The Balaban J connectivity index is 1.96. The molecule has 4 nitrogen and oxygen atoms in total. The predicted molar refractivity (Wildman–Crippen MR) is 73.5 cm³/mol. The Hall–Kier alpha value is -0.0400. The van der Waals surface area contributed by atoms with Crippen LogP contribution in [-0.2, 0) is 9.47 Å². The molecule has 2 saturated heterocycles. The van der Waals surface area contributed by atoms with Crippen molar-refractivity contribution in [1.29, 1.82) is 0 Å². The lowest BCUT2D eigenvalue weighted by Crippen LogP contribution is -2.54. The van der Waals surface area contributed by atoms with Gasteiger partial charge in [-0.15, -0.1) is 0 Å². The van der Waals surface area contributed by atoms with Crippen molar-refractivity contribution in [3.05, 3.63) is 0 Å². The van der Waals surface area contributed by atoms with Gasteiger partial charge in [0.15, 0.2) is 0 Å². The third-order valence-corrected chi connectivity index (χ3v) is 5.13. The number of rotatable bonds is 2. The number of amides is 1. The van der Waals surface area contributed by atoms with Crippen LogP contribution in [0.25, 0.3) is 0 Å². The fourth-order valence-corrected chi connectivity index (χ4v) is 3.63. The summed E-state index contributed by atoms with van der Waals surface area (Å²) in [7, 11) is 1.82. The van der Waals surface area contributed by atoms with Crippen LogP contribution in [0.1, 0.15) is 32.6 Å². The maximum absolute atomic E-state index is 11.7. The summed E-state index contributed by atoms with van der Waals surface area (Å²) in [6, 6.07) is 0.189. The van der Waals surface area contributed by atoms with E-state index in [9.17, 15) is 4.79 Å². The van der Waals surface area contributed by atoms with E-state index < -0.39 is 0 Å². The van der Waals surface area contributed by atoms with Crippen molar-refractivity contribution >= 4 is 28.7 Å². The van der Waals surface area contributed by atoms with Gasteiger partial charge in [-0.05, 0) is 32.6 Å². The van der Waals surface area contributed by atoms with E-state index in [0.717, 1.165) is 19.3 Å². The van der Waals surface area contributed by atoms with Crippen molar-refractivity contribution in [2.75, 3.05) is 13.7 Å². The Morgan fingerprint density at radius 2 is 2.06 bits per heavy atom. The van der Waals surface area contributed by atoms with Gasteiger partial charge in [0.2, 0.25) is 0 Å². The molecule has 4 atom stereocenters. The van der Waals surface area contributed by atoms with Crippen LogP contribution < -0.4 is 0 Å². The van der Waals surface area contributed by atoms with Gasteiger partial charge in [0.05, 0.1) is 24.9 Å². The summed E-state index contributed by atoms with van der Waals surface area (Å²) in [6.07, 6.45) is 4.70. The number of ether oxygens (including phenoxy) is 2. The maximum atomic E-state index is 11.7. The molecule has 2 aliphatic rings. The molecule has 2 heterocycles. The largest absolute Gasteiger partial charge is 0.450 e. The first-order valence-electron chi connectivity index (χ1n) is 6.32. The number of likely N-dealkylation sites (N-methyl/N-ethyl adjacent to an activating group) is 1. The average molecular weight is 353 g/mol. The minimum Gasteiger partial charge on any atom is -0.450 e. The molecule has 0 N–H and O–H groups in total. The lowest BCUT2D eigenvalue weighted by molar-refractivity contribution is -0.112. The van der Waals surface area contributed by atoms with Crippen molar-refractivity contribution in [1.82, 2.24) is 4.90 Å². The molecule has 0 saturated carbocycles. The molecule has 5 heteroatoms. The van der Waals surface area contributed by atoms with Gasteiger partial charge in [-0.25, -0.2) is 4.79 Å². The second-order valence-corrected chi connectivity index (χ2v) is 6.36. The fraction of sp³-hybridized carbons (Fsp3) is 0.917. The number of alkyl halides is 1. The molecule has 4 unspecified atom stereocenters. The van der Waals surface area contributed by atoms with Crippen LogP contribution in [0.15, 0.2) is 0 Å². The quantitative estimate of drug-likeness (QED) is 0.566. The van der Waals surface area contributed by atoms with E-state index >= 15 is 0 Å². The van der Waals surface area contributed by atoms with Crippen LogP contribution in [0.2, 0.25) is 0 Å². The molecule has 1 amide bonds. The minimum absolute atomic E-state index is 0.189. The van der Waals surface area contributed by atoms with E-state index in [1.807, 2.05) is 14.0 Å². The first kappa shape index (κ1) is 13.4. The number of carbonyl (C=O) groups is 1. The molecule has 17 heavy (non-hydrogen) atoms. The van der Waals surface area contributed by atoms with E-state index in [1.54, 1.807) is 4.90 Å². The van der Waals surface area contributed by atoms with Crippen LogP contribution in [0, 0.1) is 0 Å². The molecule has 2 rings (SSSR count). The molecule has 0 aromatic rings. The van der Waals surface area contributed by atoms with Gasteiger partial charge in [-0.2, -0.15) is 0 Å². The highest BCUT2D eigenvalue weighted by atomic mass is 127. The predicted octanol–water partition coefficient (Wildman–Crippen LogP) is 2.59. The lowest BCUT2D eigenvalue weighted by atomic mass is 9.87. The molecule has 2 aliphatic heterocycles. The topological polar surface area (TPSA) is 38.8 Å². The van der Waals surface area contributed by atoms with Crippen LogP contribution in [0.5, 0.6) is 0 Å². The molecule has 98 valence electrons. The zero-order valence-electron chi connectivity index (χ0n) is 10.4. The molecule has 2 bridgehead atoms. The maximum Gasteiger partial charge on any atom is 0.409 e. The summed E-state index contributed by atoms with van der Waals surface area (Å²) in [6.45, 7) is 2.26. The minimum atomic E-state index is -0.226. The molecular formula is C12H20INO3. The van der Waals surface area contributed by atoms with Crippen molar-refractivity contribution in [2.45, 2.75) is 54.8 Å². The molecule has 0 spiro atoms. The Bertz CT molecular complexity index is 287. The number of hydrogen-bond acceptors (Lipinski definition) is 3. The zero-order valence-corrected chi connectivity index (χ0v) is 12.6. The van der Waals surface area contributed by atoms with E-state index in [2.05, 4.69) is 22.6 Å². The summed E-state index contributed by atoms with van der Waals surface area (Å²) in [4.78, 5) is 13.4. The van der Waals surface area contributed by atoms with Gasteiger partial charge in [-0.3, -0.25) is 0 Å². The van der Waals surface area contributed by atoms with Crippen molar-refractivity contribution < 1.29 is 14.3 Å². The smallest absolute Gasteiger partial charge is 0.409 e. The summed E-state index contributed by atoms with van der Waals surface area (Å²) in [5.41, 5.74) is 0. The third kappa shape index (κ3) is 2.86. The fourth-order valence-electron chi connectivity index (χ4n) is 2.74. The summed E-state index contributed by atoms with van der Waals surface area (Å²) < 4.78 is 11.7. The average Bonchev–Trinajstić information content (AvgIpc) is 2.34. The number of hydrogen-bond donors (Lipinski definition) is 0. The van der Waals surface area contributed by atoms with E-state index in [0.29, 0.717) is 16.6 Å². The first-order chi connectivity index (χ1) is 8.13. The van der Waals surface area contributed by atoms with Crippen LogP contribution in [0.3, 0.4) is 0 Å². The van der Waals surface area contributed by atoms with Crippen molar-refractivity contribution in [2.24, 2.45) is 0 Å². The molecule has 0 aliphatic carbocycles. The second kappa shape index (κ2) is 5.73. The van der Waals surface area contributed by atoms with Gasteiger partial charge < -0.3 is 14.4 Å². The lowest BCUT2D eigenvalue weighted by Gasteiger charge is -2.45. The van der Waals surface area contributed by atoms with Crippen molar-refractivity contribution in [3.63, 3.8) is 0 Å². The normalized spacial score (nSPS) is 36.4. The first-order valence-corrected chi connectivity index (χ1v) is 7.57. The van der Waals surface area contributed by atoms with Crippen LogP contribution in [0.4, 0.5) is 4.79 Å². The molecule has 2 fully saturated rings.